The number of amides is 1. The molecule has 0 aromatic heterocycles. The Balaban J connectivity index is 1.79. The number of ether oxygens (including phenoxy) is 1. The zero-order valence-electron chi connectivity index (χ0n) is 15.3. The molecule has 0 N–H and O–H groups in total. The van der Waals surface area contributed by atoms with Crippen LogP contribution in [0.15, 0.2) is 59.5 Å². The van der Waals surface area contributed by atoms with Gasteiger partial charge in [0.1, 0.15) is 11.6 Å². The molecule has 0 saturated carbocycles. The van der Waals surface area contributed by atoms with Gasteiger partial charge in [-0.2, -0.15) is 0 Å². The van der Waals surface area contributed by atoms with Gasteiger partial charge >= 0.3 is 0 Å². The van der Waals surface area contributed by atoms with E-state index in [0.29, 0.717) is 27.3 Å². The maximum atomic E-state index is 13.5. The molecule has 0 radical (unpaired) electrons. The van der Waals surface area contributed by atoms with Crippen LogP contribution in [0.5, 0.6) is 5.75 Å². The van der Waals surface area contributed by atoms with Crippen molar-refractivity contribution in [2.45, 2.75) is 6.92 Å². The van der Waals surface area contributed by atoms with Crippen LogP contribution in [0.4, 0.5) is 10.1 Å². The summed E-state index contributed by atoms with van der Waals surface area (Å²) < 4.78 is 19.7. The predicted octanol–water partition coefficient (Wildman–Crippen LogP) is 6.44. The largest absolute Gasteiger partial charge is 0.493 e. The Morgan fingerprint density at radius 1 is 1.21 bits per heavy atom. The Morgan fingerprint density at radius 2 is 2.00 bits per heavy atom. The van der Waals surface area contributed by atoms with Gasteiger partial charge in [-0.1, -0.05) is 65.9 Å². The fourth-order valence-electron chi connectivity index (χ4n) is 3.15. The lowest BCUT2D eigenvalue weighted by Crippen LogP contribution is -2.27. The molecule has 3 nitrogen and oxygen atoms in total. The molecule has 0 atom stereocenters. The van der Waals surface area contributed by atoms with Crippen molar-refractivity contribution < 1.29 is 13.9 Å². The van der Waals surface area contributed by atoms with E-state index in [1.807, 2.05) is 43.3 Å². The van der Waals surface area contributed by atoms with Gasteiger partial charge in [0.25, 0.3) is 5.91 Å². The van der Waals surface area contributed by atoms with Crippen LogP contribution in [0, 0.1) is 5.82 Å². The Hall–Kier alpha value is -2.41. The molecule has 1 fully saturated rings. The fraction of sp³-hybridized carbons (Fsp3) is 0.0909. The fourth-order valence-corrected chi connectivity index (χ4v) is 4.61. The summed E-state index contributed by atoms with van der Waals surface area (Å²) >= 11 is 12.5. The van der Waals surface area contributed by atoms with Crippen LogP contribution in [0.1, 0.15) is 12.5 Å². The second-order valence-electron chi connectivity index (χ2n) is 6.25. The number of anilines is 1. The SMILES string of the molecule is CCOc1ccc2ccccc2c1/C=C1/SC(=S)N(c2ccc(F)c(Cl)c2)C1=O. The molecule has 1 heterocycles. The van der Waals surface area contributed by atoms with Crippen molar-refractivity contribution in [3.63, 3.8) is 0 Å². The standard InChI is InChI=1S/C22H15ClFNO2S2/c1-2-27-19-10-7-13-5-3-4-6-15(13)16(19)12-20-21(26)25(22(28)29-20)14-8-9-18(24)17(23)11-14/h3-12H,2H2,1H3/b20-12+. The quantitative estimate of drug-likeness (QED) is 0.343. The van der Waals surface area contributed by atoms with Crippen molar-refractivity contribution in [1.82, 2.24) is 0 Å². The average Bonchev–Trinajstić information content (AvgIpc) is 2.99. The van der Waals surface area contributed by atoms with Crippen LogP contribution in [0.25, 0.3) is 16.8 Å². The lowest BCUT2D eigenvalue weighted by atomic mass is 10.0. The molecule has 0 bridgehead atoms. The molecule has 4 rings (SSSR count). The van der Waals surface area contributed by atoms with Crippen LogP contribution in [0.3, 0.4) is 0 Å². The third-order valence-corrected chi connectivity index (χ3v) is 6.05. The number of benzene rings is 3. The van der Waals surface area contributed by atoms with Gasteiger partial charge in [-0.3, -0.25) is 9.69 Å². The monoisotopic (exact) mass is 443 g/mol. The number of thioether (sulfide) groups is 1. The lowest BCUT2D eigenvalue weighted by molar-refractivity contribution is -0.113. The molecule has 1 aliphatic rings. The zero-order chi connectivity index (χ0) is 20.5. The van der Waals surface area contributed by atoms with Gasteiger partial charge in [0.15, 0.2) is 4.32 Å². The van der Waals surface area contributed by atoms with E-state index < -0.39 is 5.82 Å². The number of nitrogens with zero attached hydrogens (tertiary/aromatic N) is 1. The van der Waals surface area contributed by atoms with Gasteiger partial charge < -0.3 is 4.74 Å². The molecule has 1 aliphatic heterocycles. The second-order valence-corrected chi connectivity index (χ2v) is 8.33. The van der Waals surface area contributed by atoms with E-state index in [1.54, 1.807) is 6.08 Å². The number of rotatable bonds is 4. The Labute approximate surface area is 182 Å². The van der Waals surface area contributed by atoms with Crippen molar-refractivity contribution in [3.05, 3.63) is 75.9 Å². The highest BCUT2D eigenvalue weighted by Gasteiger charge is 2.34. The number of fused-ring (bicyclic) bond motifs is 1. The van der Waals surface area contributed by atoms with Gasteiger partial charge in [0.2, 0.25) is 0 Å². The van der Waals surface area contributed by atoms with Gasteiger partial charge in [-0.25, -0.2) is 4.39 Å². The Morgan fingerprint density at radius 3 is 2.76 bits per heavy atom. The maximum Gasteiger partial charge on any atom is 0.270 e. The van der Waals surface area contributed by atoms with Crippen LogP contribution < -0.4 is 9.64 Å². The lowest BCUT2D eigenvalue weighted by Gasteiger charge is -2.15. The Kier molecular flexibility index (Phi) is 5.58. The van der Waals surface area contributed by atoms with Crippen molar-refractivity contribution >= 4 is 68.3 Å². The zero-order valence-corrected chi connectivity index (χ0v) is 17.7. The number of thiocarbonyl (C=S) groups is 1. The molecule has 3 aromatic carbocycles. The summed E-state index contributed by atoms with van der Waals surface area (Å²) in [6.45, 7) is 2.42. The van der Waals surface area contributed by atoms with Crippen LogP contribution in [-0.2, 0) is 4.79 Å². The molecule has 29 heavy (non-hydrogen) atoms. The topological polar surface area (TPSA) is 29.5 Å². The first-order chi connectivity index (χ1) is 14.0. The molecule has 3 aromatic rings. The summed E-state index contributed by atoms with van der Waals surface area (Å²) in [5.41, 5.74) is 1.26. The van der Waals surface area contributed by atoms with E-state index in [9.17, 15) is 9.18 Å². The van der Waals surface area contributed by atoms with E-state index in [2.05, 4.69) is 0 Å². The minimum Gasteiger partial charge on any atom is -0.493 e. The molecule has 7 heteroatoms. The summed E-state index contributed by atoms with van der Waals surface area (Å²) in [7, 11) is 0. The van der Waals surface area contributed by atoms with Crippen LogP contribution in [-0.4, -0.2) is 16.8 Å². The first-order valence-electron chi connectivity index (χ1n) is 8.87. The normalized spacial score (nSPS) is 15.6. The molecule has 0 aliphatic carbocycles. The molecule has 0 spiro atoms. The maximum absolute atomic E-state index is 13.5. The van der Waals surface area contributed by atoms with Crippen LogP contribution in [0.2, 0.25) is 5.02 Å². The highest BCUT2D eigenvalue weighted by molar-refractivity contribution is 8.27. The van der Waals surface area contributed by atoms with Gasteiger partial charge in [-0.05, 0) is 48.0 Å². The van der Waals surface area contributed by atoms with Gasteiger partial charge in [-0.15, -0.1) is 0 Å². The van der Waals surface area contributed by atoms with Gasteiger partial charge in [0, 0.05) is 5.56 Å². The minimum atomic E-state index is -0.548. The third-order valence-electron chi connectivity index (χ3n) is 4.46. The number of halogens is 2. The molecular weight excluding hydrogens is 429 g/mol. The van der Waals surface area contributed by atoms with Gasteiger partial charge in [0.05, 0.1) is 22.2 Å². The minimum absolute atomic E-state index is 0.0618. The van der Waals surface area contributed by atoms with E-state index in [0.717, 1.165) is 16.3 Å². The summed E-state index contributed by atoms with van der Waals surface area (Å²) in [5.74, 6) is -0.132. The molecule has 1 amide bonds. The Bertz CT molecular complexity index is 1180. The highest BCUT2D eigenvalue weighted by Crippen LogP contribution is 2.39. The summed E-state index contributed by atoms with van der Waals surface area (Å²) in [6.07, 6.45) is 1.80. The molecular formula is C22H15ClFNO2S2. The third kappa shape index (κ3) is 3.75. The summed E-state index contributed by atoms with van der Waals surface area (Å²) in [4.78, 5) is 14.9. The predicted molar refractivity (Wildman–Crippen MR) is 122 cm³/mol. The smallest absolute Gasteiger partial charge is 0.270 e. The number of carbonyl (C=O) groups is 1. The van der Waals surface area contributed by atoms with E-state index in [4.69, 9.17) is 28.6 Å². The van der Waals surface area contributed by atoms with Crippen molar-refractivity contribution in [3.8, 4) is 5.75 Å². The number of carbonyl (C=O) groups excluding carboxylic acids is 1. The number of hydrogen-bond donors (Lipinski definition) is 0. The summed E-state index contributed by atoms with van der Waals surface area (Å²) in [5, 5.41) is 1.96. The molecule has 0 unspecified atom stereocenters. The molecule has 1 saturated heterocycles. The van der Waals surface area contributed by atoms with Crippen molar-refractivity contribution in [2.24, 2.45) is 0 Å². The van der Waals surface area contributed by atoms with E-state index in [1.165, 1.54) is 34.9 Å². The van der Waals surface area contributed by atoms with Crippen LogP contribution >= 0.6 is 35.6 Å². The first-order valence-corrected chi connectivity index (χ1v) is 10.5. The van der Waals surface area contributed by atoms with Crippen molar-refractivity contribution in [1.29, 1.82) is 0 Å². The van der Waals surface area contributed by atoms with E-state index in [-0.39, 0.29) is 10.9 Å². The first kappa shape index (κ1) is 19.9. The highest BCUT2D eigenvalue weighted by atomic mass is 35.5. The average molecular weight is 444 g/mol. The molecule has 146 valence electrons. The summed E-state index contributed by atoms with van der Waals surface area (Å²) in [6, 6.07) is 15.9. The van der Waals surface area contributed by atoms with Crippen molar-refractivity contribution in [2.75, 3.05) is 11.5 Å². The van der Waals surface area contributed by atoms with E-state index >= 15 is 0 Å². The number of hydrogen-bond acceptors (Lipinski definition) is 4. The second kappa shape index (κ2) is 8.14.